The summed E-state index contributed by atoms with van der Waals surface area (Å²) in [4.78, 5) is -0.366. The highest BCUT2D eigenvalue weighted by Gasteiger charge is 2.36. The summed E-state index contributed by atoms with van der Waals surface area (Å²) in [7, 11) is -3.89. The number of hydrogen-bond acceptors (Lipinski definition) is 3. The van der Waals surface area contributed by atoms with Gasteiger partial charge in [-0.3, -0.25) is 0 Å². The van der Waals surface area contributed by atoms with E-state index in [1.165, 1.54) is 22.5 Å². The Labute approximate surface area is 123 Å². The van der Waals surface area contributed by atoms with Crippen molar-refractivity contribution in [2.24, 2.45) is 11.7 Å². The Hall–Kier alpha value is -0.690. The molecule has 0 amide bonds. The molecule has 4 nitrogen and oxygen atoms in total. The van der Waals surface area contributed by atoms with Crippen LogP contribution < -0.4 is 5.73 Å². The molecule has 0 spiro atoms. The van der Waals surface area contributed by atoms with Crippen LogP contribution in [0.5, 0.6) is 0 Å². The van der Waals surface area contributed by atoms with Gasteiger partial charge in [0.2, 0.25) is 10.0 Å². The monoisotopic (exact) mass is 320 g/mol. The maximum Gasteiger partial charge on any atom is 0.246 e. The molecule has 2 rings (SSSR count). The zero-order chi connectivity index (χ0) is 14.9. The van der Waals surface area contributed by atoms with Gasteiger partial charge in [0.1, 0.15) is 4.90 Å². The molecular formula is C13H18ClFN2O2S. The number of hydrogen-bond donors (Lipinski definition) is 1. The molecule has 0 radical (unpaired) electrons. The molecule has 0 aromatic heterocycles. The zero-order valence-corrected chi connectivity index (χ0v) is 12.8. The number of sulfonamides is 1. The molecule has 2 N–H and O–H groups in total. The average molecular weight is 321 g/mol. The molecule has 0 saturated carbocycles. The van der Waals surface area contributed by atoms with Crippen molar-refractivity contribution >= 4 is 21.6 Å². The van der Waals surface area contributed by atoms with Crippen LogP contribution in [0, 0.1) is 11.7 Å². The van der Waals surface area contributed by atoms with E-state index in [1.807, 2.05) is 6.92 Å². The quantitative estimate of drug-likeness (QED) is 0.929. The number of nitrogens with two attached hydrogens (primary N) is 1. The van der Waals surface area contributed by atoms with E-state index in [0.717, 1.165) is 12.8 Å². The highest BCUT2D eigenvalue weighted by Crippen LogP contribution is 2.30. The lowest BCUT2D eigenvalue weighted by atomic mass is 9.96. The fraction of sp³-hybridized carbons (Fsp3) is 0.538. The second-order valence-corrected chi connectivity index (χ2v) is 7.42. The fourth-order valence-corrected chi connectivity index (χ4v) is 4.54. The normalized spacial score (nSPS) is 24.8. The molecule has 2 unspecified atom stereocenters. The van der Waals surface area contributed by atoms with Gasteiger partial charge in [-0.05, 0) is 44.4 Å². The molecule has 1 heterocycles. The first kappa shape index (κ1) is 15.7. The highest BCUT2D eigenvalue weighted by molar-refractivity contribution is 7.89. The summed E-state index contributed by atoms with van der Waals surface area (Å²) in [6, 6.07) is 3.85. The minimum atomic E-state index is -3.89. The lowest BCUT2D eigenvalue weighted by molar-refractivity contribution is 0.210. The first-order valence-corrected chi connectivity index (χ1v) is 8.35. The Morgan fingerprint density at radius 2 is 2.15 bits per heavy atom. The lowest BCUT2D eigenvalue weighted by Crippen LogP contribution is -2.47. The standard InChI is InChI=1S/C13H18ClFN2O2S/c1-9-5-6-10(7-16)8-17(9)20(18,19)12-4-2-3-11(14)13(12)15/h2-4,9-10H,5-8,16H2,1H3. The molecule has 0 aliphatic carbocycles. The number of rotatable bonds is 3. The van der Waals surface area contributed by atoms with Gasteiger partial charge in [-0.2, -0.15) is 4.31 Å². The molecule has 1 aliphatic rings. The van der Waals surface area contributed by atoms with Gasteiger partial charge in [-0.1, -0.05) is 17.7 Å². The molecule has 1 fully saturated rings. The van der Waals surface area contributed by atoms with Gasteiger partial charge in [0.25, 0.3) is 0 Å². The van der Waals surface area contributed by atoms with Crippen LogP contribution in [-0.2, 0) is 10.0 Å². The van der Waals surface area contributed by atoms with Gasteiger partial charge in [0.15, 0.2) is 5.82 Å². The van der Waals surface area contributed by atoms with Gasteiger partial charge in [-0.15, -0.1) is 0 Å². The van der Waals surface area contributed by atoms with Crippen LogP contribution in [0.3, 0.4) is 0 Å². The Morgan fingerprint density at radius 3 is 2.80 bits per heavy atom. The van der Waals surface area contributed by atoms with Crippen LogP contribution in [0.25, 0.3) is 0 Å². The van der Waals surface area contributed by atoms with E-state index < -0.39 is 15.8 Å². The minimum absolute atomic E-state index is 0.114. The predicted molar refractivity (Wildman–Crippen MR) is 76.5 cm³/mol. The average Bonchev–Trinajstić information content (AvgIpc) is 2.42. The largest absolute Gasteiger partial charge is 0.330 e. The van der Waals surface area contributed by atoms with E-state index in [0.29, 0.717) is 13.1 Å². The predicted octanol–water partition coefficient (Wildman–Crippen LogP) is 2.23. The van der Waals surface area contributed by atoms with Gasteiger partial charge in [0, 0.05) is 12.6 Å². The van der Waals surface area contributed by atoms with E-state index >= 15 is 0 Å². The Kier molecular flexibility index (Phi) is 4.69. The van der Waals surface area contributed by atoms with Gasteiger partial charge in [-0.25, -0.2) is 12.8 Å². The number of nitrogens with zero attached hydrogens (tertiary/aromatic N) is 1. The van der Waals surface area contributed by atoms with Crippen LogP contribution in [-0.4, -0.2) is 31.9 Å². The summed E-state index contributed by atoms with van der Waals surface area (Å²) in [5.74, 6) is -0.778. The van der Waals surface area contributed by atoms with E-state index in [2.05, 4.69) is 0 Å². The van der Waals surface area contributed by atoms with E-state index in [9.17, 15) is 12.8 Å². The maximum absolute atomic E-state index is 14.0. The van der Waals surface area contributed by atoms with Crippen LogP contribution in [0.15, 0.2) is 23.1 Å². The Balaban J connectivity index is 2.40. The first-order valence-electron chi connectivity index (χ1n) is 6.54. The number of benzene rings is 1. The topological polar surface area (TPSA) is 63.4 Å². The summed E-state index contributed by atoms with van der Waals surface area (Å²) in [5.41, 5.74) is 5.63. The van der Waals surface area contributed by atoms with Crippen molar-refractivity contribution in [3.63, 3.8) is 0 Å². The Bertz CT molecular complexity index is 594. The molecule has 20 heavy (non-hydrogen) atoms. The second-order valence-electron chi connectivity index (χ2n) is 5.15. The van der Waals surface area contributed by atoms with Crippen LogP contribution in [0.2, 0.25) is 5.02 Å². The smallest absolute Gasteiger partial charge is 0.246 e. The summed E-state index contributed by atoms with van der Waals surface area (Å²) in [5, 5.41) is -0.189. The van der Waals surface area contributed by atoms with Crippen molar-refractivity contribution in [3.8, 4) is 0 Å². The van der Waals surface area contributed by atoms with Crippen molar-refractivity contribution in [2.45, 2.75) is 30.7 Å². The third-order valence-corrected chi connectivity index (χ3v) is 6.05. The Morgan fingerprint density at radius 1 is 1.45 bits per heavy atom. The summed E-state index contributed by atoms with van der Waals surface area (Å²) in [6.45, 7) is 2.58. The van der Waals surface area contributed by atoms with Gasteiger partial charge >= 0.3 is 0 Å². The minimum Gasteiger partial charge on any atom is -0.330 e. The lowest BCUT2D eigenvalue weighted by Gasteiger charge is -2.36. The van der Waals surface area contributed by atoms with Crippen molar-refractivity contribution in [2.75, 3.05) is 13.1 Å². The summed E-state index contributed by atoms with van der Waals surface area (Å²) in [6.07, 6.45) is 1.62. The first-order chi connectivity index (χ1) is 9.37. The van der Waals surface area contributed by atoms with Gasteiger partial charge in [0.05, 0.1) is 5.02 Å². The molecular weight excluding hydrogens is 303 g/mol. The zero-order valence-electron chi connectivity index (χ0n) is 11.2. The van der Waals surface area contributed by atoms with Gasteiger partial charge < -0.3 is 5.73 Å². The molecule has 1 aromatic carbocycles. The van der Waals surface area contributed by atoms with E-state index in [-0.39, 0.29) is 21.9 Å². The molecule has 1 saturated heterocycles. The van der Waals surface area contributed by atoms with E-state index in [4.69, 9.17) is 17.3 Å². The van der Waals surface area contributed by atoms with Crippen LogP contribution in [0.4, 0.5) is 4.39 Å². The van der Waals surface area contributed by atoms with Crippen LogP contribution >= 0.6 is 11.6 Å². The summed E-state index contributed by atoms with van der Waals surface area (Å²) >= 11 is 5.67. The summed E-state index contributed by atoms with van der Waals surface area (Å²) < 4.78 is 40.6. The third kappa shape index (κ3) is 2.83. The maximum atomic E-state index is 14.0. The third-order valence-electron chi connectivity index (χ3n) is 3.76. The van der Waals surface area contributed by atoms with Crippen molar-refractivity contribution in [1.29, 1.82) is 0 Å². The van der Waals surface area contributed by atoms with Crippen molar-refractivity contribution in [3.05, 3.63) is 29.0 Å². The second kappa shape index (κ2) is 5.97. The van der Waals surface area contributed by atoms with Crippen LogP contribution in [0.1, 0.15) is 19.8 Å². The molecule has 7 heteroatoms. The molecule has 112 valence electrons. The molecule has 1 aromatic rings. The van der Waals surface area contributed by atoms with Crippen molar-refractivity contribution < 1.29 is 12.8 Å². The number of piperidine rings is 1. The van der Waals surface area contributed by atoms with E-state index in [1.54, 1.807) is 0 Å². The fourth-order valence-electron chi connectivity index (χ4n) is 2.48. The molecule has 1 aliphatic heterocycles. The number of halogens is 2. The van der Waals surface area contributed by atoms with Crippen molar-refractivity contribution in [1.82, 2.24) is 4.31 Å². The SMILES string of the molecule is CC1CCC(CN)CN1S(=O)(=O)c1cccc(Cl)c1F. The highest BCUT2D eigenvalue weighted by atomic mass is 35.5. The molecule has 2 atom stereocenters. The molecule has 0 bridgehead atoms.